The van der Waals surface area contributed by atoms with Crippen LogP contribution in [0, 0.1) is 11.8 Å². The molecule has 2 saturated heterocycles. The van der Waals surface area contributed by atoms with Crippen molar-refractivity contribution in [1.82, 2.24) is 15.5 Å². The van der Waals surface area contributed by atoms with E-state index in [-0.39, 0.29) is 17.7 Å². The summed E-state index contributed by atoms with van der Waals surface area (Å²) in [6.07, 6.45) is 2.30. The van der Waals surface area contributed by atoms with Crippen LogP contribution in [0.1, 0.15) is 26.2 Å². The van der Waals surface area contributed by atoms with E-state index in [0.717, 1.165) is 12.8 Å². The number of urea groups is 1. The number of piperidine rings is 1. The van der Waals surface area contributed by atoms with Gasteiger partial charge >= 0.3 is 6.03 Å². The fourth-order valence-corrected chi connectivity index (χ4v) is 2.96. The molecule has 3 atom stereocenters. The molecule has 0 aromatic heterocycles. The Labute approximate surface area is 105 Å². The summed E-state index contributed by atoms with van der Waals surface area (Å²) in [5, 5.41) is 4.94. The zero-order chi connectivity index (χ0) is 12.9. The van der Waals surface area contributed by atoms with Crippen LogP contribution in [0.2, 0.25) is 0 Å². The third kappa shape index (κ3) is 1.67. The van der Waals surface area contributed by atoms with Crippen LogP contribution in [0.4, 0.5) is 4.79 Å². The molecule has 1 spiro atoms. The van der Waals surface area contributed by atoms with E-state index >= 15 is 0 Å². The van der Waals surface area contributed by atoms with Gasteiger partial charge in [-0.25, -0.2) is 4.79 Å². The van der Waals surface area contributed by atoms with E-state index in [4.69, 9.17) is 0 Å². The van der Waals surface area contributed by atoms with Gasteiger partial charge in [-0.1, -0.05) is 6.92 Å². The molecule has 2 heterocycles. The lowest BCUT2D eigenvalue weighted by Gasteiger charge is -2.38. The summed E-state index contributed by atoms with van der Waals surface area (Å²) in [6, 6.07) is -0.450. The Morgan fingerprint density at radius 3 is 2.72 bits per heavy atom. The highest BCUT2D eigenvalue weighted by Crippen LogP contribution is 2.40. The van der Waals surface area contributed by atoms with Crippen LogP contribution in [-0.2, 0) is 9.59 Å². The molecule has 6 nitrogen and oxygen atoms in total. The normalized spacial score (nSPS) is 38.6. The van der Waals surface area contributed by atoms with Crippen LogP contribution in [-0.4, -0.2) is 41.4 Å². The highest BCUT2D eigenvalue weighted by Gasteiger charge is 2.51. The standard InChI is InChI=1S/C12H17N3O3/c1-7-5-8(7)9(16)15-4-2-3-12(6-15)10(17)13-11(18)14-12/h7-8H,2-6H2,1H3,(H2,13,14,17,18). The lowest BCUT2D eigenvalue weighted by molar-refractivity contribution is -0.137. The van der Waals surface area contributed by atoms with E-state index in [1.165, 1.54) is 0 Å². The first kappa shape index (κ1) is 11.5. The molecular formula is C12H17N3O3. The van der Waals surface area contributed by atoms with Crippen molar-refractivity contribution in [3.05, 3.63) is 0 Å². The molecule has 2 N–H and O–H groups in total. The monoisotopic (exact) mass is 251 g/mol. The molecule has 0 bridgehead atoms. The summed E-state index contributed by atoms with van der Waals surface area (Å²) in [4.78, 5) is 37.0. The summed E-state index contributed by atoms with van der Waals surface area (Å²) in [5.74, 6) is 0.423. The minimum absolute atomic E-state index is 0.125. The molecule has 18 heavy (non-hydrogen) atoms. The van der Waals surface area contributed by atoms with E-state index in [9.17, 15) is 14.4 Å². The van der Waals surface area contributed by atoms with E-state index in [1.807, 2.05) is 0 Å². The van der Waals surface area contributed by atoms with Gasteiger partial charge in [0.2, 0.25) is 5.91 Å². The summed E-state index contributed by atoms with van der Waals surface area (Å²) in [7, 11) is 0. The Morgan fingerprint density at radius 2 is 2.17 bits per heavy atom. The van der Waals surface area contributed by atoms with Crippen LogP contribution in [0.5, 0.6) is 0 Å². The molecule has 0 aromatic rings. The zero-order valence-electron chi connectivity index (χ0n) is 10.4. The van der Waals surface area contributed by atoms with Crippen molar-refractivity contribution >= 4 is 17.8 Å². The number of carbonyl (C=O) groups is 3. The van der Waals surface area contributed by atoms with Gasteiger partial charge in [0.15, 0.2) is 0 Å². The first-order valence-electron chi connectivity index (χ1n) is 6.44. The van der Waals surface area contributed by atoms with E-state index in [0.29, 0.717) is 25.4 Å². The number of rotatable bonds is 1. The van der Waals surface area contributed by atoms with Gasteiger partial charge in [0.25, 0.3) is 5.91 Å². The molecule has 2 aliphatic heterocycles. The topological polar surface area (TPSA) is 78.5 Å². The summed E-state index contributed by atoms with van der Waals surface area (Å²) in [6.45, 7) is 3.06. The number of nitrogens with one attached hydrogen (secondary N) is 2. The second kappa shape index (κ2) is 3.70. The van der Waals surface area contributed by atoms with Crippen molar-refractivity contribution in [3.8, 4) is 0 Å². The smallest absolute Gasteiger partial charge is 0.322 e. The van der Waals surface area contributed by atoms with Gasteiger partial charge in [0.1, 0.15) is 5.54 Å². The molecule has 1 aliphatic carbocycles. The van der Waals surface area contributed by atoms with Crippen LogP contribution in [0.15, 0.2) is 0 Å². The first-order chi connectivity index (χ1) is 8.52. The average molecular weight is 251 g/mol. The Bertz CT molecular complexity index is 436. The van der Waals surface area contributed by atoms with Gasteiger partial charge in [-0.3, -0.25) is 14.9 Å². The maximum atomic E-state index is 12.2. The maximum Gasteiger partial charge on any atom is 0.322 e. The van der Waals surface area contributed by atoms with Crippen molar-refractivity contribution < 1.29 is 14.4 Å². The highest BCUT2D eigenvalue weighted by molar-refractivity contribution is 6.07. The summed E-state index contributed by atoms with van der Waals surface area (Å²) in [5.41, 5.74) is -0.886. The Morgan fingerprint density at radius 1 is 1.44 bits per heavy atom. The largest absolute Gasteiger partial charge is 0.340 e. The minimum atomic E-state index is -0.886. The number of imide groups is 1. The summed E-state index contributed by atoms with van der Waals surface area (Å²) >= 11 is 0. The number of carbonyl (C=O) groups excluding carboxylic acids is 3. The lowest BCUT2D eigenvalue weighted by atomic mass is 9.89. The second-order valence-electron chi connectivity index (χ2n) is 5.67. The van der Waals surface area contributed by atoms with Crippen LogP contribution < -0.4 is 10.6 Å². The van der Waals surface area contributed by atoms with Gasteiger partial charge in [0.05, 0.1) is 6.54 Å². The summed E-state index contributed by atoms with van der Waals surface area (Å²) < 4.78 is 0. The van der Waals surface area contributed by atoms with E-state index in [2.05, 4.69) is 17.6 Å². The molecule has 98 valence electrons. The highest BCUT2D eigenvalue weighted by atomic mass is 16.2. The van der Waals surface area contributed by atoms with E-state index < -0.39 is 11.6 Å². The second-order valence-corrected chi connectivity index (χ2v) is 5.67. The van der Waals surface area contributed by atoms with Gasteiger partial charge in [-0.15, -0.1) is 0 Å². The number of hydrogen-bond acceptors (Lipinski definition) is 3. The van der Waals surface area contributed by atoms with E-state index in [1.54, 1.807) is 4.90 Å². The van der Waals surface area contributed by atoms with Crippen molar-refractivity contribution in [2.75, 3.05) is 13.1 Å². The van der Waals surface area contributed by atoms with Crippen LogP contribution in [0.3, 0.4) is 0 Å². The van der Waals surface area contributed by atoms with Crippen LogP contribution >= 0.6 is 0 Å². The van der Waals surface area contributed by atoms with Crippen LogP contribution in [0.25, 0.3) is 0 Å². The maximum absolute atomic E-state index is 12.2. The fourth-order valence-electron chi connectivity index (χ4n) is 2.96. The van der Waals surface area contributed by atoms with Crippen molar-refractivity contribution in [3.63, 3.8) is 0 Å². The molecule has 1 saturated carbocycles. The number of hydrogen-bond donors (Lipinski definition) is 2. The number of amides is 4. The SMILES string of the molecule is CC1CC1C(=O)N1CCCC2(C1)NC(=O)NC2=O. The first-order valence-corrected chi connectivity index (χ1v) is 6.44. The molecule has 4 amide bonds. The van der Waals surface area contributed by atoms with Gasteiger partial charge in [-0.2, -0.15) is 0 Å². The van der Waals surface area contributed by atoms with Crippen molar-refractivity contribution in [2.45, 2.75) is 31.7 Å². The number of likely N-dealkylation sites (tertiary alicyclic amines) is 1. The van der Waals surface area contributed by atoms with Crippen molar-refractivity contribution in [1.29, 1.82) is 0 Å². The lowest BCUT2D eigenvalue weighted by Crippen LogP contribution is -2.59. The zero-order valence-corrected chi connectivity index (χ0v) is 10.4. The quantitative estimate of drug-likeness (QED) is 0.636. The Hall–Kier alpha value is -1.59. The molecule has 3 unspecified atom stereocenters. The third-order valence-electron chi connectivity index (χ3n) is 4.25. The van der Waals surface area contributed by atoms with Gasteiger partial charge in [0, 0.05) is 12.5 Å². The van der Waals surface area contributed by atoms with Crippen molar-refractivity contribution in [2.24, 2.45) is 11.8 Å². The number of nitrogens with zero attached hydrogens (tertiary/aromatic N) is 1. The molecule has 6 heteroatoms. The predicted molar refractivity (Wildman–Crippen MR) is 62.5 cm³/mol. The molecule has 3 aliphatic rings. The molecule has 3 fully saturated rings. The fraction of sp³-hybridized carbons (Fsp3) is 0.750. The minimum Gasteiger partial charge on any atom is -0.340 e. The Balaban J connectivity index is 1.74. The molecule has 3 rings (SSSR count). The molecule has 0 aromatic carbocycles. The molecule has 0 radical (unpaired) electrons. The van der Waals surface area contributed by atoms with Gasteiger partial charge < -0.3 is 10.2 Å². The predicted octanol–water partition coefficient (Wildman–Crippen LogP) is -0.157. The molecular weight excluding hydrogens is 234 g/mol. The Kier molecular flexibility index (Phi) is 2.36. The third-order valence-corrected chi connectivity index (χ3v) is 4.25. The average Bonchev–Trinajstić information content (AvgIpc) is 2.98. The van der Waals surface area contributed by atoms with Gasteiger partial charge in [-0.05, 0) is 25.2 Å².